The molecule has 0 spiro atoms. The summed E-state index contributed by atoms with van der Waals surface area (Å²) in [6.07, 6.45) is 4.22. The fourth-order valence-electron chi connectivity index (χ4n) is 2.64. The minimum atomic E-state index is -0.266. The normalized spacial score (nSPS) is 10.9. The molecule has 0 radical (unpaired) electrons. The number of nitrogens with one attached hydrogen (secondary N) is 1. The summed E-state index contributed by atoms with van der Waals surface area (Å²) in [4.78, 5) is 18.2. The Morgan fingerprint density at radius 2 is 1.93 bits per heavy atom. The fourth-order valence-corrected chi connectivity index (χ4v) is 3.30. The van der Waals surface area contributed by atoms with Crippen molar-refractivity contribution in [2.24, 2.45) is 5.10 Å². The predicted octanol–water partition coefficient (Wildman–Crippen LogP) is 4.32. The van der Waals surface area contributed by atoms with Crippen LogP contribution in [0.2, 0.25) is 0 Å². The second-order valence-corrected chi connectivity index (χ2v) is 6.93. The molecule has 0 unspecified atom stereocenters. The molecule has 2 aromatic rings. The number of hydrogen-bond acceptors (Lipinski definition) is 7. The van der Waals surface area contributed by atoms with E-state index in [1.54, 1.807) is 13.1 Å². The van der Waals surface area contributed by atoms with Crippen molar-refractivity contribution in [2.75, 3.05) is 30.0 Å². The molecule has 0 aliphatic rings. The molecule has 0 aliphatic heterocycles. The van der Waals surface area contributed by atoms with Crippen molar-refractivity contribution < 1.29 is 9.53 Å². The largest absolute Gasteiger partial charge is 0.466 e. The Morgan fingerprint density at radius 3 is 2.56 bits per heavy atom. The van der Waals surface area contributed by atoms with Crippen LogP contribution < -0.4 is 10.3 Å². The van der Waals surface area contributed by atoms with Crippen LogP contribution in [0.15, 0.2) is 34.7 Å². The number of rotatable bonds is 11. The molecule has 0 bridgehead atoms. The summed E-state index contributed by atoms with van der Waals surface area (Å²) in [6.45, 7) is 8.71. The zero-order chi connectivity index (χ0) is 19.5. The number of esters is 1. The van der Waals surface area contributed by atoms with E-state index >= 15 is 0 Å². The van der Waals surface area contributed by atoms with Gasteiger partial charge >= 0.3 is 5.97 Å². The van der Waals surface area contributed by atoms with E-state index in [2.05, 4.69) is 58.5 Å². The van der Waals surface area contributed by atoms with Crippen LogP contribution in [0, 0.1) is 0 Å². The Bertz CT molecular complexity index is 722. The third-order valence-electron chi connectivity index (χ3n) is 3.80. The monoisotopic (exact) mass is 388 g/mol. The van der Waals surface area contributed by atoms with Gasteiger partial charge in [0.2, 0.25) is 5.13 Å². The third-order valence-corrected chi connectivity index (χ3v) is 4.60. The highest BCUT2D eigenvalue weighted by molar-refractivity contribution is 7.13. The maximum absolute atomic E-state index is 11.5. The van der Waals surface area contributed by atoms with E-state index in [4.69, 9.17) is 4.74 Å². The molecule has 0 saturated heterocycles. The molecule has 1 aromatic heterocycles. The molecule has 0 amide bonds. The molecule has 0 fully saturated rings. The standard InChI is InChI=1S/C20H28N4O2S/c1-4-11-24(12-5-2)18-9-7-16(8-10-18)14-21-23-20-22-17(15-27-20)13-19(25)26-6-3/h7-10,14-15H,4-6,11-13H2,1-3H3,(H,22,23). The van der Waals surface area contributed by atoms with Gasteiger partial charge < -0.3 is 9.64 Å². The van der Waals surface area contributed by atoms with Crippen LogP contribution in [-0.2, 0) is 16.0 Å². The molecule has 6 nitrogen and oxygen atoms in total. The fraction of sp³-hybridized carbons (Fsp3) is 0.450. The Hall–Kier alpha value is -2.41. The van der Waals surface area contributed by atoms with Crippen LogP contribution in [-0.4, -0.2) is 36.9 Å². The second kappa shape index (κ2) is 11.3. The van der Waals surface area contributed by atoms with Gasteiger partial charge in [-0.2, -0.15) is 5.10 Å². The highest BCUT2D eigenvalue weighted by atomic mass is 32.1. The Balaban J connectivity index is 1.89. The molecular formula is C20H28N4O2S. The lowest BCUT2D eigenvalue weighted by atomic mass is 10.2. The number of anilines is 2. The van der Waals surface area contributed by atoms with Crippen LogP contribution in [0.3, 0.4) is 0 Å². The maximum Gasteiger partial charge on any atom is 0.311 e. The first-order chi connectivity index (χ1) is 13.2. The van der Waals surface area contributed by atoms with E-state index in [0.29, 0.717) is 17.4 Å². The van der Waals surface area contributed by atoms with Gasteiger partial charge in [0.05, 0.1) is 24.9 Å². The summed E-state index contributed by atoms with van der Waals surface area (Å²) in [7, 11) is 0. The van der Waals surface area contributed by atoms with E-state index in [0.717, 1.165) is 31.5 Å². The van der Waals surface area contributed by atoms with E-state index in [9.17, 15) is 4.79 Å². The van der Waals surface area contributed by atoms with Crippen molar-refractivity contribution in [3.05, 3.63) is 40.9 Å². The number of hydrogen-bond donors (Lipinski definition) is 1. The van der Waals surface area contributed by atoms with Crippen LogP contribution in [0.25, 0.3) is 0 Å². The van der Waals surface area contributed by atoms with Crippen LogP contribution in [0.5, 0.6) is 0 Å². The number of hydrazone groups is 1. The average molecular weight is 389 g/mol. The molecule has 0 atom stereocenters. The first-order valence-electron chi connectivity index (χ1n) is 9.40. The van der Waals surface area contributed by atoms with E-state index < -0.39 is 0 Å². The summed E-state index contributed by atoms with van der Waals surface area (Å²) in [5.74, 6) is -0.266. The van der Waals surface area contributed by atoms with Crippen molar-refractivity contribution in [1.82, 2.24) is 4.98 Å². The Kier molecular flexibility index (Phi) is 8.77. The van der Waals surface area contributed by atoms with Crippen LogP contribution >= 0.6 is 11.3 Å². The zero-order valence-corrected chi connectivity index (χ0v) is 17.1. The minimum Gasteiger partial charge on any atom is -0.466 e. The molecule has 27 heavy (non-hydrogen) atoms. The lowest BCUT2D eigenvalue weighted by molar-refractivity contribution is -0.142. The molecule has 0 saturated carbocycles. The van der Waals surface area contributed by atoms with Gasteiger partial charge in [-0.05, 0) is 37.5 Å². The Morgan fingerprint density at radius 1 is 1.22 bits per heavy atom. The molecular weight excluding hydrogens is 360 g/mol. The number of aromatic nitrogens is 1. The van der Waals surface area contributed by atoms with Gasteiger partial charge in [0.25, 0.3) is 0 Å². The van der Waals surface area contributed by atoms with Gasteiger partial charge in [-0.1, -0.05) is 26.0 Å². The van der Waals surface area contributed by atoms with Crippen molar-refractivity contribution in [2.45, 2.75) is 40.0 Å². The minimum absolute atomic E-state index is 0.184. The highest BCUT2D eigenvalue weighted by Crippen LogP contribution is 2.17. The zero-order valence-electron chi connectivity index (χ0n) is 16.3. The third kappa shape index (κ3) is 7.02. The van der Waals surface area contributed by atoms with Gasteiger partial charge in [0.1, 0.15) is 0 Å². The number of ether oxygens (including phenoxy) is 1. The average Bonchev–Trinajstić information content (AvgIpc) is 3.09. The van der Waals surface area contributed by atoms with E-state index in [-0.39, 0.29) is 12.4 Å². The van der Waals surface area contributed by atoms with Crippen molar-refractivity contribution in [1.29, 1.82) is 0 Å². The molecule has 1 heterocycles. The van der Waals surface area contributed by atoms with Crippen LogP contribution in [0.1, 0.15) is 44.9 Å². The van der Waals surface area contributed by atoms with Gasteiger partial charge in [0, 0.05) is 24.2 Å². The topological polar surface area (TPSA) is 66.8 Å². The van der Waals surface area contributed by atoms with E-state index in [1.807, 2.05) is 5.38 Å². The highest BCUT2D eigenvalue weighted by Gasteiger charge is 2.08. The molecule has 2 rings (SSSR count). The lowest BCUT2D eigenvalue weighted by Gasteiger charge is -2.23. The van der Waals surface area contributed by atoms with Gasteiger partial charge in [-0.25, -0.2) is 4.98 Å². The smallest absolute Gasteiger partial charge is 0.311 e. The van der Waals surface area contributed by atoms with Crippen molar-refractivity contribution >= 4 is 34.3 Å². The number of nitrogens with zero attached hydrogens (tertiary/aromatic N) is 3. The molecule has 0 aliphatic carbocycles. The van der Waals surface area contributed by atoms with Gasteiger partial charge in [0.15, 0.2) is 0 Å². The van der Waals surface area contributed by atoms with E-state index in [1.165, 1.54) is 17.0 Å². The molecule has 146 valence electrons. The molecule has 7 heteroatoms. The maximum atomic E-state index is 11.5. The molecule has 1 N–H and O–H groups in total. The summed E-state index contributed by atoms with van der Waals surface area (Å²) in [5.41, 5.74) is 5.86. The summed E-state index contributed by atoms with van der Waals surface area (Å²) in [6, 6.07) is 8.39. The summed E-state index contributed by atoms with van der Waals surface area (Å²) in [5, 5.41) is 6.72. The SMILES string of the molecule is CCCN(CCC)c1ccc(C=NNc2nc(CC(=O)OCC)cs2)cc1. The number of carbonyl (C=O) groups excluding carboxylic acids is 1. The lowest BCUT2D eigenvalue weighted by Crippen LogP contribution is -2.24. The second-order valence-electron chi connectivity index (χ2n) is 6.07. The van der Waals surface area contributed by atoms with Crippen molar-refractivity contribution in [3.63, 3.8) is 0 Å². The predicted molar refractivity (Wildman–Crippen MR) is 113 cm³/mol. The summed E-state index contributed by atoms with van der Waals surface area (Å²) < 4.78 is 4.92. The van der Waals surface area contributed by atoms with Crippen LogP contribution in [0.4, 0.5) is 10.8 Å². The van der Waals surface area contributed by atoms with Gasteiger partial charge in [-0.15, -0.1) is 11.3 Å². The first kappa shape index (κ1) is 20.9. The first-order valence-corrected chi connectivity index (χ1v) is 10.3. The van der Waals surface area contributed by atoms with Crippen molar-refractivity contribution in [3.8, 4) is 0 Å². The Labute approximate surface area is 165 Å². The molecule has 1 aromatic carbocycles. The quantitative estimate of drug-likeness (QED) is 0.353. The van der Waals surface area contributed by atoms with Gasteiger partial charge in [-0.3, -0.25) is 10.2 Å². The summed E-state index contributed by atoms with van der Waals surface area (Å²) >= 11 is 1.41. The number of thiazole rings is 1. The number of benzene rings is 1. The number of carbonyl (C=O) groups is 1.